The first kappa shape index (κ1) is 47.7. The van der Waals surface area contributed by atoms with Crippen molar-refractivity contribution in [2.24, 2.45) is 11.5 Å². The average Bonchev–Trinajstić information content (AvgIpc) is 3.07. The highest BCUT2D eigenvalue weighted by Crippen LogP contribution is 2.14. The Balaban J connectivity index is 0. The maximum absolute atomic E-state index is 5.47. The molecule has 0 saturated heterocycles. The van der Waals surface area contributed by atoms with Gasteiger partial charge in [-0.25, -0.2) is 0 Å². The van der Waals surface area contributed by atoms with E-state index in [1.54, 1.807) is 0 Å². The van der Waals surface area contributed by atoms with Crippen molar-refractivity contribution >= 4 is 0 Å². The molecule has 0 spiro atoms. The minimum Gasteiger partial charge on any atom is -0.330 e. The number of allylic oxidation sites excluding steroid dienone is 2. The maximum Gasteiger partial charge on any atom is -0.00369 e. The summed E-state index contributed by atoms with van der Waals surface area (Å²) in [6.07, 6.45) is 49.5. The number of rotatable bonds is 39. The van der Waals surface area contributed by atoms with Gasteiger partial charge < -0.3 is 22.1 Å². The van der Waals surface area contributed by atoms with Gasteiger partial charge in [0.1, 0.15) is 0 Å². The Morgan fingerprint density at radius 3 is 0.826 bits per heavy atom. The molecule has 46 heavy (non-hydrogen) atoms. The topological polar surface area (TPSA) is 76.1 Å². The van der Waals surface area contributed by atoms with E-state index in [0.717, 1.165) is 39.0 Å². The van der Waals surface area contributed by atoms with Crippen molar-refractivity contribution in [3.05, 3.63) is 12.2 Å². The van der Waals surface area contributed by atoms with Crippen LogP contribution in [0.5, 0.6) is 0 Å². The largest absolute Gasteiger partial charge is 0.330 e. The van der Waals surface area contributed by atoms with Crippen molar-refractivity contribution in [1.82, 2.24) is 10.6 Å². The van der Waals surface area contributed by atoms with Crippen LogP contribution in [0, 0.1) is 0 Å². The molecular weight excluding hydrogens is 560 g/mol. The summed E-state index contributed by atoms with van der Waals surface area (Å²) in [5, 5.41) is 6.90. The van der Waals surface area contributed by atoms with E-state index in [9.17, 15) is 0 Å². The monoisotopic (exact) mass is 651 g/mol. The van der Waals surface area contributed by atoms with E-state index < -0.39 is 0 Å². The minimum atomic E-state index is 0.806. The number of nitrogens with one attached hydrogen (secondary N) is 2. The summed E-state index contributed by atoms with van der Waals surface area (Å²) in [5.74, 6) is 0. The normalized spacial score (nSPS) is 11.4. The molecule has 0 heterocycles. The highest BCUT2D eigenvalue weighted by molar-refractivity contribution is 4.81. The summed E-state index contributed by atoms with van der Waals surface area (Å²) in [6.45, 7) is 10.7. The summed E-state index contributed by atoms with van der Waals surface area (Å²) in [7, 11) is 0. The van der Waals surface area contributed by atoms with Gasteiger partial charge in [-0.15, -0.1) is 0 Å². The average molecular weight is 651 g/mol. The Labute approximate surface area is 292 Å². The maximum atomic E-state index is 5.47. The van der Waals surface area contributed by atoms with Crippen LogP contribution in [0.25, 0.3) is 0 Å². The number of unbranched alkanes of at least 4 members (excludes halogenated alkanes) is 27. The van der Waals surface area contributed by atoms with Gasteiger partial charge in [0.2, 0.25) is 0 Å². The van der Waals surface area contributed by atoms with Crippen LogP contribution in [0.15, 0.2) is 12.2 Å². The molecule has 0 aliphatic rings. The van der Waals surface area contributed by atoms with Crippen LogP contribution >= 0.6 is 0 Å². The van der Waals surface area contributed by atoms with Crippen LogP contribution in [0.4, 0.5) is 0 Å². The first-order valence-electron chi connectivity index (χ1n) is 21.3. The first-order chi connectivity index (χ1) is 22.8. The summed E-state index contributed by atoms with van der Waals surface area (Å²) < 4.78 is 0. The van der Waals surface area contributed by atoms with Crippen LogP contribution in [0.2, 0.25) is 0 Å². The van der Waals surface area contributed by atoms with Gasteiger partial charge in [-0.05, 0) is 90.6 Å². The third-order valence-electron chi connectivity index (χ3n) is 9.19. The zero-order valence-corrected chi connectivity index (χ0v) is 32.2. The molecule has 0 rings (SSSR count). The third-order valence-corrected chi connectivity index (χ3v) is 9.19. The zero-order valence-electron chi connectivity index (χ0n) is 32.2. The Morgan fingerprint density at radius 1 is 0.304 bits per heavy atom. The molecule has 0 saturated carbocycles. The van der Waals surface area contributed by atoms with Crippen molar-refractivity contribution in [3.8, 4) is 0 Å². The summed E-state index contributed by atoms with van der Waals surface area (Å²) in [5.41, 5.74) is 10.9. The first-order valence-corrected chi connectivity index (χ1v) is 21.3. The van der Waals surface area contributed by atoms with Crippen LogP contribution in [-0.2, 0) is 0 Å². The molecule has 4 heteroatoms. The van der Waals surface area contributed by atoms with Gasteiger partial charge in [0.05, 0.1) is 0 Å². The van der Waals surface area contributed by atoms with Crippen molar-refractivity contribution in [2.75, 3.05) is 39.3 Å². The molecular formula is C42H90N4. The summed E-state index contributed by atoms with van der Waals surface area (Å²) in [6, 6.07) is 0. The molecule has 0 aromatic heterocycles. The predicted octanol–water partition coefficient (Wildman–Crippen LogP) is 12.1. The number of nitrogens with two attached hydrogens (primary N) is 2. The summed E-state index contributed by atoms with van der Waals surface area (Å²) >= 11 is 0. The second-order valence-electron chi connectivity index (χ2n) is 14.0. The van der Waals surface area contributed by atoms with Crippen molar-refractivity contribution in [2.45, 2.75) is 219 Å². The van der Waals surface area contributed by atoms with E-state index in [1.807, 2.05) is 0 Å². The molecule has 6 N–H and O–H groups in total. The minimum absolute atomic E-state index is 0.806. The molecule has 0 fully saturated rings. The fourth-order valence-corrected chi connectivity index (χ4v) is 6.00. The molecule has 0 aliphatic heterocycles. The van der Waals surface area contributed by atoms with E-state index in [2.05, 4.69) is 36.6 Å². The van der Waals surface area contributed by atoms with Gasteiger partial charge in [0, 0.05) is 0 Å². The van der Waals surface area contributed by atoms with E-state index in [0.29, 0.717) is 0 Å². The molecule has 0 aromatic rings. The van der Waals surface area contributed by atoms with Crippen molar-refractivity contribution < 1.29 is 0 Å². The van der Waals surface area contributed by atoms with Crippen LogP contribution < -0.4 is 22.1 Å². The lowest BCUT2D eigenvalue weighted by Gasteiger charge is -2.04. The quantitative estimate of drug-likeness (QED) is 0.0394. The Hall–Kier alpha value is -0.420. The van der Waals surface area contributed by atoms with Crippen LogP contribution in [0.1, 0.15) is 219 Å². The molecule has 0 bridgehead atoms. The van der Waals surface area contributed by atoms with Gasteiger partial charge in [0.15, 0.2) is 0 Å². The van der Waals surface area contributed by atoms with E-state index in [4.69, 9.17) is 11.5 Å². The lowest BCUT2D eigenvalue weighted by molar-refractivity contribution is 0.524. The van der Waals surface area contributed by atoms with Crippen molar-refractivity contribution in [3.63, 3.8) is 0 Å². The second-order valence-corrected chi connectivity index (χ2v) is 14.0. The predicted molar refractivity (Wildman–Crippen MR) is 212 cm³/mol. The van der Waals surface area contributed by atoms with Gasteiger partial charge >= 0.3 is 0 Å². The van der Waals surface area contributed by atoms with Gasteiger partial charge in [-0.2, -0.15) is 0 Å². The smallest absolute Gasteiger partial charge is 0.00369 e. The number of hydrogen-bond donors (Lipinski definition) is 4. The number of hydrogen-bond acceptors (Lipinski definition) is 4. The van der Waals surface area contributed by atoms with Gasteiger partial charge in [0.25, 0.3) is 0 Å². The molecule has 278 valence electrons. The fraction of sp³-hybridized carbons (Fsp3) is 0.952. The Bertz CT molecular complexity index is 490. The highest BCUT2D eigenvalue weighted by Gasteiger charge is 1.95. The molecule has 0 aromatic carbocycles. The second kappa shape index (κ2) is 49.0. The van der Waals surface area contributed by atoms with E-state index in [-0.39, 0.29) is 0 Å². The zero-order chi connectivity index (χ0) is 33.7. The van der Waals surface area contributed by atoms with Gasteiger partial charge in [-0.1, -0.05) is 180 Å². The van der Waals surface area contributed by atoms with Gasteiger partial charge in [-0.3, -0.25) is 0 Å². The van der Waals surface area contributed by atoms with Crippen LogP contribution in [-0.4, -0.2) is 39.3 Å². The lowest BCUT2D eigenvalue weighted by atomic mass is 10.0. The third kappa shape index (κ3) is 50.4. The molecule has 0 aliphatic carbocycles. The highest BCUT2D eigenvalue weighted by atomic mass is 14.8. The van der Waals surface area contributed by atoms with E-state index in [1.165, 1.54) is 206 Å². The fourth-order valence-electron chi connectivity index (χ4n) is 6.00. The standard InChI is InChI=1S/C21H46N2.C21H44N2/c2*1-2-3-4-5-6-7-8-9-10-11-12-13-14-15-16-17-20-23-21-18-19-22/h23H,2-22H2,1H3;9-10,23H,2-8,11-22H2,1H3/b;10-9-. The SMILES string of the molecule is CCCCCCCC/C=C\CCCCCCCCNCCCN.CCCCCCCCCCCCCCCCCCNCCCN. The Kier molecular flexibility index (Phi) is 50.8. The molecule has 0 amide bonds. The molecule has 0 unspecified atom stereocenters. The van der Waals surface area contributed by atoms with E-state index >= 15 is 0 Å². The van der Waals surface area contributed by atoms with Crippen LogP contribution in [0.3, 0.4) is 0 Å². The summed E-state index contributed by atoms with van der Waals surface area (Å²) in [4.78, 5) is 0. The van der Waals surface area contributed by atoms with Crippen molar-refractivity contribution in [1.29, 1.82) is 0 Å². The molecule has 4 nitrogen and oxygen atoms in total. The lowest BCUT2D eigenvalue weighted by Crippen LogP contribution is -2.19. The Morgan fingerprint density at radius 2 is 0.543 bits per heavy atom. The molecule has 0 atom stereocenters. The molecule has 0 radical (unpaired) electrons.